The van der Waals surface area contributed by atoms with Crippen LogP contribution in [0.1, 0.15) is 43.7 Å². The second-order valence-corrected chi connectivity index (χ2v) is 6.11. The Kier molecular flexibility index (Phi) is 3.36. The predicted molar refractivity (Wildman–Crippen MR) is 66.8 cm³/mol. The van der Waals surface area contributed by atoms with Crippen LogP contribution in [0.3, 0.4) is 0 Å². The summed E-state index contributed by atoms with van der Waals surface area (Å²) in [6, 6.07) is 1.27. The van der Waals surface area contributed by atoms with Crippen molar-refractivity contribution in [1.29, 1.82) is 0 Å². The number of hydrogen-bond acceptors (Lipinski definition) is 1. The molecule has 2 rings (SSSR count). The standard InChI is InChI=1S/C13H13BrF4O/c1-6(13(16,17)18)7-5-8(12(2)3-4-12)9(14)10(15)11(7)19/h5-6,19H,3-4H2,1-2H3. The van der Waals surface area contributed by atoms with Crippen LogP contribution in [0.2, 0.25) is 0 Å². The Hall–Kier alpha value is -0.780. The molecule has 1 nitrogen and oxygen atoms in total. The molecule has 1 aliphatic carbocycles. The molecule has 1 aromatic rings. The number of phenolic OH excluding ortho intramolecular Hbond substituents is 1. The van der Waals surface area contributed by atoms with E-state index in [9.17, 15) is 22.7 Å². The van der Waals surface area contributed by atoms with Crippen LogP contribution >= 0.6 is 15.9 Å². The van der Waals surface area contributed by atoms with Crippen LogP contribution < -0.4 is 0 Å². The Morgan fingerprint density at radius 3 is 2.32 bits per heavy atom. The molecule has 6 heteroatoms. The Morgan fingerprint density at radius 1 is 1.37 bits per heavy atom. The number of alkyl halides is 3. The van der Waals surface area contributed by atoms with E-state index in [0.29, 0.717) is 5.56 Å². The molecule has 1 fully saturated rings. The summed E-state index contributed by atoms with van der Waals surface area (Å²) in [7, 11) is 0. The van der Waals surface area contributed by atoms with Crippen molar-refractivity contribution < 1.29 is 22.7 Å². The summed E-state index contributed by atoms with van der Waals surface area (Å²) in [6.07, 6.45) is -2.91. The van der Waals surface area contributed by atoms with Crippen LogP contribution in [0, 0.1) is 5.82 Å². The molecule has 0 heterocycles. The molecule has 1 aromatic carbocycles. The molecule has 0 aliphatic heterocycles. The van der Waals surface area contributed by atoms with Crippen molar-refractivity contribution in [2.75, 3.05) is 0 Å². The van der Waals surface area contributed by atoms with E-state index in [4.69, 9.17) is 0 Å². The quantitative estimate of drug-likeness (QED) is 0.750. The molecular weight excluding hydrogens is 328 g/mol. The van der Waals surface area contributed by atoms with Crippen LogP contribution in [-0.4, -0.2) is 11.3 Å². The summed E-state index contributed by atoms with van der Waals surface area (Å²) >= 11 is 3.02. The van der Waals surface area contributed by atoms with E-state index < -0.39 is 29.2 Å². The second kappa shape index (κ2) is 4.36. The van der Waals surface area contributed by atoms with Gasteiger partial charge in [-0.3, -0.25) is 0 Å². The van der Waals surface area contributed by atoms with Gasteiger partial charge in [0.25, 0.3) is 0 Å². The molecule has 106 valence electrons. The summed E-state index contributed by atoms with van der Waals surface area (Å²) in [6.45, 7) is 2.78. The lowest BCUT2D eigenvalue weighted by Gasteiger charge is -2.21. The molecule has 19 heavy (non-hydrogen) atoms. The zero-order chi connectivity index (χ0) is 14.6. The summed E-state index contributed by atoms with van der Waals surface area (Å²) < 4.78 is 52.2. The maximum absolute atomic E-state index is 13.9. The molecule has 1 saturated carbocycles. The normalized spacial score (nSPS) is 19.3. The molecule has 1 N–H and O–H groups in total. The minimum absolute atomic E-state index is 0.0584. The molecule has 0 saturated heterocycles. The molecular formula is C13H13BrF4O. The summed E-state index contributed by atoms with van der Waals surface area (Å²) in [5.41, 5.74) is -0.210. The highest BCUT2D eigenvalue weighted by molar-refractivity contribution is 9.10. The van der Waals surface area contributed by atoms with Crippen LogP contribution in [0.15, 0.2) is 10.5 Å². The zero-order valence-electron chi connectivity index (χ0n) is 10.4. The van der Waals surface area contributed by atoms with Gasteiger partial charge in [-0.1, -0.05) is 6.92 Å². The average molecular weight is 341 g/mol. The fourth-order valence-electron chi connectivity index (χ4n) is 2.04. The minimum atomic E-state index is -4.51. The number of aromatic hydroxyl groups is 1. The Bertz CT molecular complexity index is 520. The third-order valence-corrected chi connectivity index (χ3v) is 4.59. The van der Waals surface area contributed by atoms with Gasteiger partial charge in [0.1, 0.15) is 0 Å². The predicted octanol–water partition coefficient (Wildman–Crippen LogP) is 5.01. The van der Waals surface area contributed by atoms with Gasteiger partial charge in [-0.2, -0.15) is 13.2 Å². The molecule has 0 radical (unpaired) electrons. The fraction of sp³-hybridized carbons (Fsp3) is 0.538. The van der Waals surface area contributed by atoms with Crippen LogP contribution in [-0.2, 0) is 5.41 Å². The topological polar surface area (TPSA) is 20.2 Å². The highest BCUT2D eigenvalue weighted by Crippen LogP contribution is 2.53. The van der Waals surface area contributed by atoms with Crippen LogP contribution in [0.25, 0.3) is 0 Å². The molecule has 1 atom stereocenters. The smallest absolute Gasteiger partial charge is 0.395 e. The van der Waals surface area contributed by atoms with E-state index in [1.54, 1.807) is 0 Å². The van der Waals surface area contributed by atoms with E-state index in [-0.39, 0.29) is 9.89 Å². The van der Waals surface area contributed by atoms with Gasteiger partial charge >= 0.3 is 6.18 Å². The van der Waals surface area contributed by atoms with Crippen molar-refractivity contribution in [3.05, 3.63) is 27.5 Å². The SMILES string of the molecule is CC(c1cc(C2(C)CC2)c(Br)c(F)c1O)C(F)(F)F. The first-order chi connectivity index (χ1) is 8.58. The van der Waals surface area contributed by atoms with Gasteiger partial charge < -0.3 is 5.11 Å². The van der Waals surface area contributed by atoms with Gasteiger partial charge in [0.15, 0.2) is 11.6 Å². The number of halogens is 5. The number of phenols is 1. The number of hydrogen-bond donors (Lipinski definition) is 1. The number of benzene rings is 1. The van der Waals surface area contributed by atoms with E-state index in [2.05, 4.69) is 15.9 Å². The largest absolute Gasteiger partial charge is 0.505 e. The van der Waals surface area contributed by atoms with E-state index >= 15 is 0 Å². The maximum Gasteiger partial charge on any atom is 0.395 e. The van der Waals surface area contributed by atoms with Gasteiger partial charge in [0, 0.05) is 5.56 Å². The molecule has 0 aromatic heterocycles. The Balaban J connectivity index is 2.59. The van der Waals surface area contributed by atoms with E-state index in [1.807, 2.05) is 6.92 Å². The maximum atomic E-state index is 13.9. The van der Waals surface area contributed by atoms with Gasteiger partial charge in [-0.05, 0) is 52.7 Å². The van der Waals surface area contributed by atoms with E-state index in [1.165, 1.54) is 6.07 Å². The first-order valence-electron chi connectivity index (χ1n) is 5.86. The van der Waals surface area contributed by atoms with Crippen molar-refractivity contribution in [3.8, 4) is 5.75 Å². The lowest BCUT2D eigenvalue weighted by atomic mass is 9.91. The summed E-state index contributed by atoms with van der Waals surface area (Å²) in [4.78, 5) is 0. The zero-order valence-corrected chi connectivity index (χ0v) is 12.0. The van der Waals surface area contributed by atoms with Gasteiger partial charge in [0.2, 0.25) is 0 Å². The van der Waals surface area contributed by atoms with Crippen LogP contribution in [0.4, 0.5) is 17.6 Å². The van der Waals surface area contributed by atoms with Crippen molar-refractivity contribution in [3.63, 3.8) is 0 Å². The van der Waals surface area contributed by atoms with Gasteiger partial charge in [-0.15, -0.1) is 0 Å². The van der Waals surface area contributed by atoms with Crippen molar-refractivity contribution >= 4 is 15.9 Å². The highest BCUT2D eigenvalue weighted by atomic mass is 79.9. The van der Waals surface area contributed by atoms with E-state index in [0.717, 1.165) is 19.8 Å². The molecule has 0 amide bonds. The Morgan fingerprint density at radius 2 is 1.89 bits per heavy atom. The first-order valence-corrected chi connectivity index (χ1v) is 6.65. The van der Waals surface area contributed by atoms with Gasteiger partial charge in [-0.25, -0.2) is 4.39 Å². The number of rotatable bonds is 2. The summed E-state index contributed by atoms with van der Waals surface area (Å²) in [5.74, 6) is -3.85. The highest BCUT2D eigenvalue weighted by Gasteiger charge is 2.44. The van der Waals surface area contributed by atoms with Crippen molar-refractivity contribution in [1.82, 2.24) is 0 Å². The molecule has 1 unspecified atom stereocenters. The average Bonchev–Trinajstić information content (AvgIpc) is 3.03. The fourth-order valence-corrected chi connectivity index (χ4v) is 2.82. The summed E-state index contributed by atoms with van der Waals surface area (Å²) in [5, 5.41) is 9.62. The molecule has 1 aliphatic rings. The monoisotopic (exact) mass is 340 g/mol. The lowest BCUT2D eigenvalue weighted by molar-refractivity contribution is -0.146. The third-order valence-electron chi connectivity index (χ3n) is 3.82. The lowest BCUT2D eigenvalue weighted by Crippen LogP contribution is -2.19. The Labute approximate surface area is 116 Å². The first kappa shape index (κ1) is 14.6. The third kappa shape index (κ3) is 2.47. The van der Waals surface area contributed by atoms with Crippen molar-refractivity contribution in [2.45, 2.75) is 44.2 Å². The van der Waals surface area contributed by atoms with Gasteiger partial charge in [0.05, 0.1) is 10.4 Å². The van der Waals surface area contributed by atoms with Crippen LogP contribution in [0.5, 0.6) is 5.75 Å². The minimum Gasteiger partial charge on any atom is -0.505 e. The second-order valence-electron chi connectivity index (χ2n) is 5.31. The molecule has 0 bridgehead atoms. The van der Waals surface area contributed by atoms with Crippen molar-refractivity contribution in [2.24, 2.45) is 0 Å². The molecule has 0 spiro atoms.